The zero-order chi connectivity index (χ0) is 22.9. The molecule has 0 spiro atoms. The molecule has 0 saturated carbocycles. The summed E-state index contributed by atoms with van der Waals surface area (Å²) in [6.45, 7) is 13.9. The van der Waals surface area contributed by atoms with Crippen molar-refractivity contribution in [3.63, 3.8) is 0 Å². The fourth-order valence-electron chi connectivity index (χ4n) is 3.03. The largest absolute Gasteiger partial charge is 0.488 e. The summed E-state index contributed by atoms with van der Waals surface area (Å²) in [5, 5.41) is 6.51. The van der Waals surface area contributed by atoms with E-state index in [0.29, 0.717) is 12.5 Å². The van der Waals surface area contributed by atoms with Gasteiger partial charge in [-0.1, -0.05) is 12.1 Å². The summed E-state index contributed by atoms with van der Waals surface area (Å²) in [6, 6.07) is 6.16. The lowest BCUT2D eigenvalue weighted by molar-refractivity contribution is -0.127. The molecule has 8 heteroatoms. The van der Waals surface area contributed by atoms with Crippen molar-refractivity contribution in [1.29, 1.82) is 0 Å². The molecule has 0 radical (unpaired) electrons. The number of amides is 1. The molecular weight excluding hydrogens is 394 g/mol. The molecule has 0 aliphatic carbocycles. The van der Waals surface area contributed by atoms with Gasteiger partial charge in [-0.3, -0.25) is 9.69 Å². The monoisotopic (exact) mass is 433 g/mol. The summed E-state index contributed by atoms with van der Waals surface area (Å²) in [6.07, 6.45) is 0. The fraction of sp³-hybridized carbons (Fsp3) is 0.652. The van der Waals surface area contributed by atoms with E-state index in [-0.39, 0.29) is 18.1 Å². The Morgan fingerprint density at radius 2 is 1.94 bits per heavy atom. The molecule has 1 aromatic carbocycles. The number of likely N-dealkylation sites (N-methyl/N-ethyl adjacent to an activating group) is 1. The van der Waals surface area contributed by atoms with Gasteiger partial charge in [0.25, 0.3) is 0 Å². The summed E-state index contributed by atoms with van der Waals surface area (Å²) < 4.78 is 11.6. The minimum atomic E-state index is -0.290. The molecule has 0 aromatic heterocycles. The molecule has 1 heterocycles. The Bertz CT molecular complexity index is 737. The highest BCUT2D eigenvalue weighted by atomic mass is 16.5. The topological polar surface area (TPSA) is 78.4 Å². The van der Waals surface area contributed by atoms with Crippen LogP contribution in [0.15, 0.2) is 23.2 Å². The predicted molar refractivity (Wildman–Crippen MR) is 125 cm³/mol. The van der Waals surface area contributed by atoms with Crippen molar-refractivity contribution in [1.82, 2.24) is 20.4 Å². The van der Waals surface area contributed by atoms with Crippen LogP contribution in [0.1, 0.15) is 31.9 Å². The Morgan fingerprint density at radius 1 is 1.23 bits per heavy atom. The van der Waals surface area contributed by atoms with E-state index in [9.17, 15) is 4.79 Å². The van der Waals surface area contributed by atoms with E-state index in [1.807, 2.05) is 26.8 Å². The summed E-state index contributed by atoms with van der Waals surface area (Å²) in [4.78, 5) is 20.7. The van der Waals surface area contributed by atoms with E-state index >= 15 is 0 Å². The van der Waals surface area contributed by atoms with Gasteiger partial charge in [0, 0.05) is 45.8 Å². The number of hydrogen-bond donors (Lipinski definition) is 2. The number of guanidine groups is 1. The minimum Gasteiger partial charge on any atom is -0.488 e. The first-order valence-electron chi connectivity index (χ1n) is 10.9. The van der Waals surface area contributed by atoms with Crippen LogP contribution in [0.4, 0.5) is 0 Å². The van der Waals surface area contributed by atoms with Gasteiger partial charge in [-0.25, -0.2) is 4.99 Å². The first kappa shape index (κ1) is 24.9. The second-order valence-corrected chi connectivity index (χ2v) is 9.01. The maximum absolute atomic E-state index is 12.0. The van der Waals surface area contributed by atoms with Crippen LogP contribution in [0.3, 0.4) is 0 Å². The van der Waals surface area contributed by atoms with E-state index < -0.39 is 0 Å². The Morgan fingerprint density at radius 3 is 2.58 bits per heavy atom. The number of carbonyl (C=O) groups excluding carboxylic acids is 1. The average molecular weight is 434 g/mol. The highest BCUT2D eigenvalue weighted by Gasteiger charge is 2.15. The summed E-state index contributed by atoms with van der Waals surface area (Å²) in [5.41, 5.74) is 1.86. The van der Waals surface area contributed by atoms with Crippen molar-refractivity contribution in [2.45, 2.75) is 39.8 Å². The number of carbonyl (C=O) groups is 1. The summed E-state index contributed by atoms with van der Waals surface area (Å²) in [5.74, 6) is 1.45. The molecule has 1 amide bonds. The minimum absolute atomic E-state index is 0.00484. The molecule has 0 atom stereocenters. The van der Waals surface area contributed by atoms with Gasteiger partial charge in [-0.15, -0.1) is 0 Å². The third-order valence-corrected chi connectivity index (χ3v) is 4.78. The lowest BCUT2D eigenvalue weighted by atomic mass is 10.1. The molecule has 1 aliphatic rings. The Balaban J connectivity index is 2.06. The Hall–Kier alpha value is -2.32. The van der Waals surface area contributed by atoms with Crippen LogP contribution in [-0.2, 0) is 16.1 Å². The average Bonchev–Trinajstić information content (AvgIpc) is 2.70. The highest BCUT2D eigenvalue weighted by molar-refractivity contribution is 5.86. The van der Waals surface area contributed by atoms with E-state index in [1.54, 1.807) is 19.0 Å². The molecule has 1 aliphatic heterocycles. The van der Waals surface area contributed by atoms with Gasteiger partial charge in [0.1, 0.15) is 11.4 Å². The van der Waals surface area contributed by atoms with Crippen LogP contribution in [-0.4, -0.2) is 87.3 Å². The number of aryl methyl sites for hydroxylation is 1. The third kappa shape index (κ3) is 9.57. The molecule has 1 fully saturated rings. The molecule has 174 valence electrons. The van der Waals surface area contributed by atoms with Gasteiger partial charge in [-0.05, 0) is 39.3 Å². The van der Waals surface area contributed by atoms with Crippen LogP contribution in [0.25, 0.3) is 0 Å². The molecule has 2 N–H and O–H groups in total. The van der Waals surface area contributed by atoms with Gasteiger partial charge in [0.05, 0.1) is 26.3 Å². The SMILES string of the molecule is Cc1ccc(CN=C(NCCN2CCOCC2)NCC(=O)N(C)C)c(OC(C)(C)C)c1. The second-order valence-electron chi connectivity index (χ2n) is 9.01. The zero-order valence-electron chi connectivity index (χ0n) is 20.0. The predicted octanol–water partition coefficient (Wildman–Crippen LogP) is 1.63. The number of hydrogen-bond acceptors (Lipinski definition) is 5. The van der Waals surface area contributed by atoms with Gasteiger partial charge >= 0.3 is 0 Å². The van der Waals surface area contributed by atoms with Crippen molar-refractivity contribution in [3.8, 4) is 5.75 Å². The quantitative estimate of drug-likeness (QED) is 0.479. The first-order valence-corrected chi connectivity index (χ1v) is 10.9. The smallest absolute Gasteiger partial charge is 0.241 e. The first-order chi connectivity index (χ1) is 14.6. The molecule has 1 aromatic rings. The number of nitrogens with zero attached hydrogens (tertiary/aromatic N) is 3. The maximum atomic E-state index is 12.0. The standard InChI is InChI=1S/C23H39N5O3/c1-18-7-8-19(20(15-18)31-23(2,3)4)16-25-22(26-17-21(29)27(5)6)24-9-10-28-11-13-30-14-12-28/h7-8,15H,9-14,16-17H2,1-6H3,(H2,24,25,26). The van der Waals surface area contributed by atoms with Crippen LogP contribution in [0.2, 0.25) is 0 Å². The Kier molecular flexibility index (Phi) is 9.58. The number of morpholine rings is 1. The highest BCUT2D eigenvalue weighted by Crippen LogP contribution is 2.25. The zero-order valence-corrected chi connectivity index (χ0v) is 20.0. The number of ether oxygens (including phenoxy) is 2. The van der Waals surface area contributed by atoms with Crippen LogP contribution < -0.4 is 15.4 Å². The third-order valence-electron chi connectivity index (χ3n) is 4.78. The normalized spacial score (nSPS) is 15.5. The van der Waals surface area contributed by atoms with Crippen molar-refractivity contribution < 1.29 is 14.3 Å². The number of aliphatic imine (C=N–C) groups is 1. The van der Waals surface area contributed by atoms with Crippen molar-refractivity contribution >= 4 is 11.9 Å². The second kappa shape index (κ2) is 11.9. The van der Waals surface area contributed by atoms with Gasteiger partial charge in [0.2, 0.25) is 5.91 Å². The van der Waals surface area contributed by atoms with Crippen molar-refractivity contribution in [3.05, 3.63) is 29.3 Å². The Labute approximate surface area is 187 Å². The molecule has 2 rings (SSSR count). The number of nitrogens with one attached hydrogen (secondary N) is 2. The molecule has 31 heavy (non-hydrogen) atoms. The van der Waals surface area contributed by atoms with Crippen molar-refractivity contribution in [2.24, 2.45) is 4.99 Å². The lowest BCUT2D eigenvalue weighted by Gasteiger charge is -2.27. The molecule has 0 bridgehead atoms. The number of benzene rings is 1. The molecule has 0 unspecified atom stereocenters. The van der Waals surface area contributed by atoms with E-state index in [4.69, 9.17) is 14.5 Å². The molecule has 8 nitrogen and oxygen atoms in total. The molecule has 1 saturated heterocycles. The lowest BCUT2D eigenvalue weighted by Crippen LogP contribution is -2.46. The van der Waals surface area contributed by atoms with Crippen LogP contribution >= 0.6 is 0 Å². The van der Waals surface area contributed by atoms with Gasteiger partial charge < -0.3 is 25.0 Å². The van der Waals surface area contributed by atoms with Gasteiger partial charge in [0.15, 0.2) is 5.96 Å². The maximum Gasteiger partial charge on any atom is 0.241 e. The van der Waals surface area contributed by atoms with E-state index in [0.717, 1.165) is 56.3 Å². The van der Waals surface area contributed by atoms with E-state index in [1.165, 1.54) is 0 Å². The molecular formula is C23H39N5O3. The van der Waals surface area contributed by atoms with Crippen LogP contribution in [0, 0.1) is 6.92 Å². The number of rotatable bonds is 8. The summed E-state index contributed by atoms with van der Waals surface area (Å²) >= 11 is 0. The van der Waals surface area contributed by atoms with Gasteiger partial charge in [-0.2, -0.15) is 0 Å². The van der Waals surface area contributed by atoms with Crippen molar-refractivity contribution in [2.75, 3.05) is 60.0 Å². The van der Waals surface area contributed by atoms with Crippen LogP contribution in [0.5, 0.6) is 5.75 Å². The fourth-order valence-corrected chi connectivity index (χ4v) is 3.03. The van der Waals surface area contributed by atoms with E-state index in [2.05, 4.69) is 34.6 Å². The summed E-state index contributed by atoms with van der Waals surface area (Å²) in [7, 11) is 3.49.